The van der Waals surface area contributed by atoms with Gasteiger partial charge in [-0.05, 0) is 50.2 Å². The van der Waals surface area contributed by atoms with Crippen molar-refractivity contribution in [3.05, 3.63) is 88.5 Å². The Morgan fingerprint density at radius 1 is 1.20 bits per heavy atom. The number of hydrogen-bond acceptors (Lipinski definition) is 7. The topological polar surface area (TPSA) is 146 Å². The number of amides is 1. The molecule has 2 aromatic heterocycles. The second-order valence-electron chi connectivity index (χ2n) is 9.44. The summed E-state index contributed by atoms with van der Waals surface area (Å²) in [5.74, 6) is 7.58. The van der Waals surface area contributed by atoms with E-state index in [-0.39, 0.29) is 16.9 Å². The number of aliphatic imine (C=N–C) groups is 1. The van der Waals surface area contributed by atoms with Crippen LogP contribution in [0.1, 0.15) is 41.5 Å². The fourth-order valence-corrected chi connectivity index (χ4v) is 4.65. The zero-order chi connectivity index (χ0) is 29.4. The first kappa shape index (κ1) is 29.0. The summed E-state index contributed by atoms with van der Waals surface area (Å²) in [7, 11) is 1.62. The van der Waals surface area contributed by atoms with Crippen LogP contribution in [-0.4, -0.2) is 44.5 Å². The highest BCUT2D eigenvalue weighted by atomic mass is 16.1. The maximum atomic E-state index is 13.4. The minimum atomic E-state index is -0.646. The van der Waals surface area contributed by atoms with Crippen molar-refractivity contribution in [1.29, 1.82) is 0 Å². The van der Waals surface area contributed by atoms with Gasteiger partial charge >= 0.3 is 0 Å². The molecule has 2 aromatic carbocycles. The van der Waals surface area contributed by atoms with Crippen LogP contribution in [0.2, 0.25) is 0 Å². The van der Waals surface area contributed by atoms with Crippen molar-refractivity contribution in [1.82, 2.24) is 24.6 Å². The van der Waals surface area contributed by atoms with E-state index in [4.69, 9.17) is 16.5 Å². The number of anilines is 1. The Bertz CT molecular complexity index is 1700. The molecular formula is C31H34N8O2. The lowest BCUT2D eigenvalue weighted by molar-refractivity contribution is 0.100. The third kappa shape index (κ3) is 6.59. The van der Waals surface area contributed by atoms with Gasteiger partial charge in [-0.15, -0.1) is 0 Å². The number of carbonyl (C=O) groups excluding carboxylic acids is 1. The molecule has 1 aliphatic rings. The number of para-hydroxylation sites is 1. The molecule has 1 saturated heterocycles. The molecule has 1 amide bonds. The normalized spacial score (nSPS) is 13.3. The fraction of sp³-hybridized carbons (Fsp3) is 0.258. The third-order valence-corrected chi connectivity index (χ3v) is 6.64. The summed E-state index contributed by atoms with van der Waals surface area (Å²) in [4.78, 5) is 33.1. The number of hydrogen-bond donors (Lipinski definition) is 3. The van der Waals surface area contributed by atoms with E-state index in [1.54, 1.807) is 11.6 Å². The minimum absolute atomic E-state index is 0.0433. The van der Waals surface area contributed by atoms with Gasteiger partial charge in [0, 0.05) is 31.2 Å². The molecule has 4 aromatic rings. The van der Waals surface area contributed by atoms with Crippen molar-refractivity contribution >= 4 is 34.7 Å². The van der Waals surface area contributed by atoms with E-state index in [9.17, 15) is 9.59 Å². The van der Waals surface area contributed by atoms with Crippen LogP contribution < -0.4 is 22.3 Å². The molecule has 10 nitrogen and oxygen atoms in total. The van der Waals surface area contributed by atoms with Crippen molar-refractivity contribution in [2.75, 3.05) is 18.8 Å². The van der Waals surface area contributed by atoms with Crippen molar-refractivity contribution in [2.45, 2.75) is 26.2 Å². The minimum Gasteiger partial charge on any atom is -0.381 e. The Morgan fingerprint density at radius 2 is 1.93 bits per heavy atom. The number of fused-ring (bicyclic) bond motifs is 1. The molecule has 5 rings (SSSR count). The lowest BCUT2D eigenvalue weighted by atomic mass is 9.98. The van der Waals surface area contributed by atoms with Gasteiger partial charge in [-0.2, -0.15) is 5.10 Å². The largest absolute Gasteiger partial charge is 0.381 e. The summed E-state index contributed by atoms with van der Waals surface area (Å²) in [6.07, 6.45) is 5.72. The standard InChI is InChI=1S/C23H23N3O.C8H11N5O/c1-2-21-25-20-10-6-7-18(12-11-17-13-15-24-16-14-17)22(20)23(27)26(21)19-8-4-3-5-9-19;1-3-4-11-8-5(7(10)14)6(9)12-13(8)2/h3-10,17,24H,2,13-16H2,1H3;3-4H,1H2,2H3,(H2,9,12)(H2,10,14)/b;11-4-. The first-order chi connectivity index (χ1) is 19.8. The summed E-state index contributed by atoms with van der Waals surface area (Å²) in [6, 6.07) is 15.5. The van der Waals surface area contributed by atoms with Crippen molar-refractivity contribution < 1.29 is 4.79 Å². The molecule has 10 heteroatoms. The molecule has 0 saturated carbocycles. The molecule has 0 radical (unpaired) electrons. The number of nitrogens with zero attached hydrogens (tertiary/aromatic N) is 5. The smallest absolute Gasteiger partial charge is 0.267 e. The number of rotatable bonds is 5. The fourth-order valence-electron chi connectivity index (χ4n) is 4.65. The zero-order valence-corrected chi connectivity index (χ0v) is 23.3. The maximum Gasteiger partial charge on any atom is 0.267 e. The number of aromatic nitrogens is 4. The molecular weight excluding hydrogens is 516 g/mol. The van der Waals surface area contributed by atoms with Gasteiger partial charge in [0.1, 0.15) is 11.4 Å². The third-order valence-electron chi connectivity index (χ3n) is 6.64. The van der Waals surface area contributed by atoms with Crippen molar-refractivity contribution in [2.24, 2.45) is 23.7 Å². The van der Waals surface area contributed by atoms with Gasteiger partial charge in [0.25, 0.3) is 11.5 Å². The van der Waals surface area contributed by atoms with Crippen LogP contribution >= 0.6 is 0 Å². The Labute approximate surface area is 238 Å². The van der Waals surface area contributed by atoms with E-state index in [0.29, 0.717) is 23.5 Å². The molecule has 210 valence electrons. The van der Waals surface area contributed by atoms with E-state index < -0.39 is 5.91 Å². The monoisotopic (exact) mass is 550 g/mol. The average Bonchev–Trinajstić information content (AvgIpc) is 3.28. The summed E-state index contributed by atoms with van der Waals surface area (Å²) >= 11 is 0. The van der Waals surface area contributed by atoms with Gasteiger partial charge in [-0.25, -0.2) is 14.7 Å². The Kier molecular flexibility index (Phi) is 9.45. The molecule has 1 fully saturated rings. The van der Waals surface area contributed by atoms with Crippen LogP contribution in [0.4, 0.5) is 11.6 Å². The maximum absolute atomic E-state index is 13.4. The van der Waals surface area contributed by atoms with Gasteiger partial charge in [-0.3, -0.25) is 14.2 Å². The van der Waals surface area contributed by atoms with Gasteiger partial charge in [0.2, 0.25) is 0 Å². The molecule has 41 heavy (non-hydrogen) atoms. The summed E-state index contributed by atoms with van der Waals surface area (Å²) in [5, 5.41) is 7.80. The molecule has 0 atom stereocenters. The number of allylic oxidation sites excluding steroid dienone is 1. The molecule has 1 aliphatic heterocycles. The lowest BCUT2D eigenvalue weighted by Crippen LogP contribution is -2.27. The number of primary amides is 1. The zero-order valence-electron chi connectivity index (χ0n) is 23.3. The highest BCUT2D eigenvalue weighted by molar-refractivity contribution is 6.02. The molecule has 0 aliphatic carbocycles. The Hall–Kier alpha value is -5.01. The summed E-state index contributed by atoms with van der Waals surface area (Å²) in [6.45, 7) is 7.50. The highest BCUT2D eigenvalue weighted by Gasteiger charge is 2.18. The Balaban J connectivity index is 0.000000234. The van der Waals surface area contributed by atoms with Crippen LogP contribution in [0.25, 0.3) is 16.6 Å². The lowest BCUT2D eigenvalue weighted by Gasteiger charge is -2.17. The first-order valence-corrected chi connectivity index (χ1v) is 13.4. The van der Waals surface area contributed by atoms with Gasteiger partial charge in [0.15, 0.2) is 11.6 Å². The number of aryl methyl sites for hydroxylation is 2. The second-order valence-corrected chi connectivity index (χ2v) is 9.44. The van der Waals surface area contributed by atoms with E-state index >= 15 is 0 Å². The molecule has 0 unspecified atom stereocenters. The first-order valence-electron chi connectivity index (χ1n) is 13.4. The molecule has 0 spiro atoms. The van der Waals surface area contributed by atoms with Gasteiger partial charge in [0.05, 0.1) is 16.6 Å². The number of nitrogens with one attached hydrogen (secondary N) is 1. The van der Waals surface area contributed by atoms with E-state index in [2.05, 4.69) is 33.8 Å². The molecule has 3 heterocycles. The number of piperidine rings is 1. The van der Waals surface area contributed by atoms with E-state index in [0.717, 1.165) is 48.5 Å². The van der Waals surface area contributed by atoms with E-state index in [1.807, 2.05) is 55.5 Å². The van der Waals surface area contributed by atoms with Crippen LogP contribution in [0.15, 0.2) is 71.0 Å². The highest BCUT2D eigenvalue weighted by Crippen LogP contribution is 2.23. The molecule has 5 N–H and O–H groups in total. The average molecular weight is 551 g/mol. The second kappa shape index (κ2) is 13.4. The molecule has 0 bridgehead atoms. The van der Waals surface area contributed by atoms with Gasteiger partial charge < -0.3 is 16.8 Å². The van der Waals surface area contributed by atoms with Crippen LogP contribution in [0.5, 0.6) is 0 Å². The number of nitrogen functional groups attached to an aromatic ring is 1. The van der Waals surface area contributed by atoms with Crippen molar-refractivity contribution in [3.63, 3.8) is 0 Å². The number of nitrogens with two attached hydrogens (primary N) is 2. The van der Waals surface area contributed by atoms with Crippen LogP contribution in [-0.2, 0) is 13.5 Å². The predicted octanol–water partition coefficient (Wildman–Crippen LogP) is 3.29. The van der Waals surface area contributed by atoms with Crippen LogP contribution in [0.3, 0.4) is 0 Å². The van der Waals surface area contributed by atoms with Gasteiger partial charge in [-0.1, -0.05) is 55.7 Å². The SMILES string of the molecule is C=C/C=N\c1c(C(N)=O)c(N)nn1C.CCc1nc2cccc(C#CC3CCNCC3)c2c(=O)n1-c1ccccc1. The van der Waals surface area contributed by atoms with Crippen molar-refractivity contribution in [3.8, 4) is 17.5 Å². The summed E-state index contributed by atoms with van der Waals surface area (Å²) in [5.41, 5.74) is 13.0. The predicted molar refractivity (Wildman–Crippen MR) is 164 cm³/mol. The van der Waals surface area contributed by atoms with E-state index in [1.165, 1.54) is 17.0 Å². The van der Waals surface area contributed by atoms with Crippen LogP contribution in [0, 0.1) is 17.8 Å². The Morgan fingerprint density at radius 3 is 2.59 bits per heavy atom. The summed E-state index contributed by atoms with van der Waals surface area (Å²) < 4.78 is 3.10. The quantitative estimate of drug-likeness (QED) is 0.257. The number of benzene rings is 2. The number of carbonyl (C=O) groups is 1.